The van der Waals surface area contributed by atoms with Crippen molar-refractivity contribution in [3.63, 3.8) is 0 Å². The second-order valence-corrected chi connectivity index (χ2v) is 5.48. The third kappa shape index (κ3) is 3.61. The topological polar surface area (TPSA) is 49.6 Å². The maximum atomic E-state index is 10.8. The van der Waals surface area contributed by atoms with E-state index in [9.17, 15) is 10.1 Å². The highest BCUT2D eigenvalue weighted by Crippen LogP contribution is 2.29. The van der Waals surface area contributed by atoms with Crippen molar-refractivity contribution < 1.29 is 4.92 Å². The van der Waals surface area contributed by atoms with Crippen molar-refractivity contribution >= 4 is 23.0 Å². The van der Waals surface area contributed by atoms with Crippen LogP contribution in [0.25, 0.3) is 0 Å². The quantitative estimate of drug-likeness (QED) is 0.619. The molecule has 0 saturated carbocycles. The molecule has 0 spiro atoms. The number of halogens is 1. The third-order valence-corrected chi connectivity index (χ3v) is 4.00. The second kappa shape index (κ2) is 6.90. The van der Waals surface area contributed by atoms with Gasteiger partial charge < -0.3 is 4.90 Å². The highest BCUT2D eigenvalue weighted by Gasteiger charge is 2.19. The lowest BCUT2D eigenvalue weighted by molar-refractivity contribution is -0.384. The van der Waals surface area contributed by atoms with Gasteiger partial charge >= 0.3 is 0 Å². The Bertz CT molecular complexity index is 473. The van der Waals surface area contributed by atoms with Crippen LogP contribution in [0, 0.1) is 10.1 Å². The van der Waals surface area contributed by atoms with Gasteiger partial charge in [0.25, 0.3) is 5.69 Å². The van der Waals surface area contributed by atoms with E-state index in [2.05, 4.69) is 16.7 Å². The number of benzene rings is 1. The number of hydrogen-bond donors (Lipinski definition) is 0. The summed E-state index contributed by atoms with van der Waals surface area (Å²) in [5.74, 6) is 0. The van der Waals surface area contributed by atoms with Crippen LogP contribution in [0.2, 0.25) is 5.02 Å². The standard InChI is InChI=1S/C14H20ClN3O2/c1-2-3-6-16-7-9-17(10-8-16)12-4-5-14(18(19)20)13(15)11-12/h4-5,11H,2-3,6-10H2,1H3. The van der Waals surface area contributed by atoms with Crippen molar-refractivity contribution in [1.29, 1.82) is 0 Å². The molecular formula is C14H20ClN3O2. The maximum Gasteiger partial charge on any atom is 0.288 e. The van der Waals surface area contributed by atoms with Crippen LogP contribution in [0.3, 0.4) is 0 Å². The molecule has 0 aliphatic carbocycles. The molecule has 6 heteroatoms. The zero-order chi connectivity index (χ0) is 14.5. The molecule has 0 radical (unpaired) electrons. The minimum Gasteiger partial charge on any atom is -0.369 e. The van der Waals surface area contributed by atoms with E-state index in [1.807, 2.05) is 0 Å². The van der Waals surface area contributed by atoms with Gasteiger partial charge in [-0.1, -0.05) is 24.9 Å². The second-order valence-electron chi connectivity index (χ2n) is 5.08. The fourth-order valence-corrected chi connectivity index (χ4v) is 2.70. The molecule has 1 aliphatic heterocycles. The van der Waals surface area contributed by atoms with Gasteiger partial charge in [0.1, 0.15) is 5.02 Å². The fourth-order valence-electron chi connectivity index (χ4n) is 2.45. The molecule has 20 heavy (non-hydrogen) atoms. The first-order chi connectivity index (χ1) is 9.61. The number of nitro benzene ring substituents is 1. The minimum atomic E-state index is -0.450. The lowest BCUT2D eigenvalue weighted by Crippen LogP contribution is -2.46. The molecule has 0 amide bonds. The first-order valence-corrected chi connectivity index (χ1v) is 7.41. The Morgan fingerprint density at radius 2 is 2.00 bits per heavy atom. The Balaban J connectivity index is 1.97. The number of rotatable bonds is 5. The van der Waals surface area contributed by atoms with Crippen LogP contribution < -0.4 is 4.90 Å². The summed E-state index contributed by atoms with van der Waals surface area (Å²) < 4.78 is 0. The van der Waals surface area contributed by atoms with E-state index in [4.69, 9.17) is 11.6 Å². The van der Waals surface area contributed by atoms with Gasteiger partial charge in [-0.15, -0.1) is 0 Å². The van der Waals surface area contributed by atoms with Crippen LogP contribution >= 0.6 is 11.6 Å². The van der Waals surface area contributed by atoms with Gasteiger partial charge in [0.15, 0.2) is 0 Å². The average Bonchev–Trinajstić information content (AvgIpc) is 2.45. The molecule has 5 nitrogen and oxygen atoms in total. The molecule has 0 aromatic heterocycles. The van der Waals surface area contributed by atoms with Crippen LogP contribution in [0.15, 0.2) is 18.2 Å². The van der Waals surface area contributed by atoms with Gasteiger partial charge in [0.05, 0.1) is 4.92 Å². The third-order valence-electron chi connectivity index (χ3n) is 3.69. The molecule has 0 atom stereocenters. The summed E-state index contributed by atoms with van der Waals surface area (Å²) in [7, 11) is 0. The van der Waals surface area contributed by atoms with Crippen LogP contribution in [0.1, 0.15) is 19.8 Å². The van der Waals surface area contributed by atoms with Gasteiger partial charge in [-0.05, 0) is 25.1 Å². The summed E-state index contributed by atoms with van der Waals surface area (Å²) >= 11 is 5.96. The van der Waals surface area contributed by atoms with E-state index < -0.39 is 4.92 Å². The fraction of sp³-hybridized carbons (Fsp3) is 0.571. The van der Waals surface area contributed by atoms with Crippen LogP contribution in [0.4, 0.5) is 11.4 Å². The predicted molar refractivity (Wildman–Crippen MR) is 81.7 cm³/mol. The van der Waals surface area contributed by atoms with Crippen molar-refractivity contribution in [2.24, 2.45) is 0 Å². The van der Waals surface area contributed by atoms with Crippen LogP contribution in [-0.4, -0.2) is 42.5 Å². The SMILES string of the molecule is CCCCN1CCN(c2ccc([N+](=O)[O-])c(Cl)c2)CC1. The molecule has 0 unspecified atom stereocenters. The Morgan fingerprint density at radius 1 is 1.30 bits per heavy atom. The Labute approximate surface area is 124 Å². The largest absolute Gasteiger partial charge is 0.369 e. The highest BCUT2D eigenvalue weighted by molar-refractivity contribution is 6.32. The molecule has 1 aromatic rings. The van der Waals surface area contributed by atoms with E-state index in [0.29, 0.717) is 0 Å². The Kier molecular flexibility index (Phi) is 5.20. The maximum absolute atomic E-state index is 10.8. The molecule has 0 N–H and O–H groups in total. The summed E-state index contributed by atoms with van der Waals surface area (Å²) in [4.78, 5) is 15.0. The van der Waals surface area contributed by atoms with Gasteiger partial charge in [-0.2, -0.15) is 0 Å². The number of unbranched alkanes of at least 4 members (excludes halogenated alkanes) is 1. The molecule has 0 bridgehead atoms. The summed E-state index contributed by atoms with van der Waals surface area (Å²) in [6.45, 7) is 7.32. The van der Waals surface area contributed by atoms with Crippen molar-refractivity contribution in [1.82, 2.24) is 4.90 Å². The molecular weight excluding hydrogens is 278 g/mol. The van der Waals surface area contributed by atoms with E-state index >= 15 is 0 Å². The van der Waals surface area contributed by atoms with Gasteiger partial charge in [0, 0.05) is 37.9 Å². The van der Waals surface area contributed by atoms with E-state index in [1.165, 1.54) is 18.9 Å². The first kappa shape index (κ1) is 15.1. The molecule has 1 heterocycles. The number of nitro groups is 1. The molecule has 1 aromatic carbocycles. The number of anilines is 1. The van der Waals surface area contributed by atoms with E-state index in [-0.39, 0.29) is 10.7 Å². The van der Waals surface area contributed by atoms with Crippen molar-refractivity contribution in [2.45, 2.75) is 19.8 Å². The molecule has 1 aliphatic rings. The first-order valence-electron chi connectivity index (χ1n) is 7.03. The molecule has 2 rings (SSSR count). The zero-order valence-corrected chi connectivity index (χ0v) is 12.5. The normalized spacial score (nSPS) is 16.4. The monoisotopic (exact) mass is 297 g/mol. The average molecular weight is 298 g/mol. The lowest BCUT2D eigenvalue weighted by Gasteiger charge is -2.36. The van der Waals surface area contributed by atoms with Crippen molar-refractivity contribution in [2.75, 3.05) is 37.6 Å². The highest BCUT2D eigenvalue weighted by atomic mass is 35.5. The molecule has 110 valence electrons. The minimum absolute atomic E-state index is 0.0306. The smallest absolute Gasteiger partial charge is 0.288 e. The zero-order valence-electron chi connectivity index (χ0n) is 11.7. The molecule has 1 fully saturated rings. The van der Waals surface area contributed by atoms with Gasteiger partial charge in [0.2, 0.25) is 0 Å². The predicted octanol–water partition coefficient (Wildman–Crippen LogP) is 3.17. The van der Waals surface area contributed by atoms with Crippen molar-refractivity contribution in [3.8, 4) is 0 Å². The number of nitrogens with zero attached hydrogens (tertiary/aromatic N) is 3. The van der Waals surface area contributed by atoms with E-state index in [1.54, 1.807) is 12.1 Å². The number of hydrogen-bond acceptors (Lipinski definition) is 4. The van der Waals surface area contributed by atoms with Crippen LogP contribution in [0.5, 0.6) is 0 Å². The lowest BCUT2D eigenvalue weighted by atomic mass is 10.2. The molecule has 1 saturated heterocycles. The summed E-state index contributed by atoms with van der Waals surface area (Å²) in [5, 5.41) is 11.0. The Morgan fingerprint density at radius 3 is 2.55 bits per heavy atom. The Hall–Kier alpha value is -1.33. The summed E-state index contributed by atoms with van der Waals surface area (Å²) in [5.41, 5.74) is 0.938. The van der Waals surface area contributed by atoms with Crippen molar-refractivity contribution in [3.05, 3.63) is 33.3 Å². The summed E-state index contributed by atoms with van der Waals surface area (Å²) in [6, 6.07) is 4.97. The number of piperazine rings is 1. The van der Waals surface area contributed by atoms with Gasteiger partial charge in [-0.3, -0.25) is 15.0 Å². The van der Waals surface area contributed by atoms with Gasteiger partial charge in [-0.25, -0.2) is 0 Å². The summed E-state index contributed by atoms with van der Waals surface area (Å²) in [6.07, 6.45) is 2.46. The van der Waals surface area contributed by atoms with E-state index in [0.717, 1.165) is 38.4 Å². The van der Waals surface area contributed by atoms with Crippen LogP contribution in [-0.2, 0) is 0 Å².